The first kappa shape index (κ1) is 18.2. The van der Waals surface area contributed by atoms with Crippen molar-refractivity contribution >= 4 is 10.8 Å². The van der Waals surface area contributed by atoms with Crippen molar-refractivity contribution in [3.63, 3.8) is 0 Å². The van der Waals surface area contributed by atoms with E-state index in [4.69, 9.17) is 0 Å². The van der Waals surface area contributed by atoms with Gasteiger partial charge in [-0.25, -0.2) is 4.57 Å². The van der Waals surface area contributed by atoms with Crippen molar-refractivity contribution in [1.29, 1.82) is 0 Å². The zero-order chi connectivity index (χ0) is 19.3. The fourth-order valence-electron chi connectivity index (χ4n) is 4.91. The molecule has 1 nitrogen and oxygen atoms in total. The van der Waals surface area contributed by atoms with Crippen LogP contribution in [0.2, 0.25) is 0 Å². The molecule has 0 N–H and O–H groups in total. The highest BCUT2D eigenvalue weighted by atomic mass is 14.9. The number of aryl methyl sites for hydroxylation is 3. The third-order valence-corrected chi connectivity index (χ3v) is 6.64. The fourth-order valence-corrected chi connectivity index (χ4v) is 4.91. The predicted molar refractivity (Wildman–Crippen MR) is 115 cm³/mol. The molecule has 1 atom stereocenters. The highest BCUT2D eigenvalue weighted by Gasteiger charge is 2.31. The molecule has 0 aliphatic heterocycles. The summed E-state index contributed by atoms with van der Waals surface area (Å²) in [6.07, 6.45) is 6.25. The Morgan fingerprint density at radius 2 is 1.74 bits per heavy atom. The molecule has 1 aromatic heterocycles. The van der Waals surface area contributed by atoms with E-state index < -0.39 is 0 Å². The lowest BCUT2D eigenvalue weighted by atomic mass is 9.88. The van der Waals surface area contributed by atoms with Crippen molar-refractivity contribution < 1.29 is 4.57 Å². The number of hydrogen-bond donors (Lipinski definition) is 0. The summed E-state index contributed by atoms with van der Waals surface area (Å²) in [5.74, 6) is 0.713. The van der Waals surface area contributed by atoms with Gasteiger partial charge in [-0.05, 0) is 85.6 Å². The number of benzene rings is 2. The molecule has 3 aromatic rings. The Hall–Kier alpha value is -2.15. The highest BCUT2D eigenvalue weighted by molar-refractivity contribution is 5.85. The Morgan fingerprint density at radius 1 is 0.963 bits per heavy atom. The number of hydrogen-bond acceptors (Lipinski definition) is 0. The van der Waals surface area contributed by atoms with E-state index >= 15 is 0 Å². The van der Waals surface area contributed by atoms with Crippen LogP contribution < -0.4 is 4.57 Å². The Kier molecular flexibility index (Phi) is 4.37. The molecule has 1 heteroatoms. The molecular formula is C26H32N+. The number of nitrogens with zero attached hydrogens (tertiary/aromatic N) is 1. The lowest BCUT2D eigenvalue weighted by Crippen LogP contribution is -2.30. The zero-order valence-electron chi connectivity index (χ0n) is 17.7. The van der Waals surface area contributed by atoms with Crippen LogP contribution in [0, 0.1) is 26.2 Å². The van der Waals surface area contributed by atoms with Crippen LogP contribution >= 0.6 is 0 Å². The first-order valence-electron chi connectivity index (χ1n) is 10.3. The molecule has 1 heterocycles. The molecule has 1 unspecified atom stereocenters. The van der Waals surface area contributed by atoms with Crippen molar-refractivity contribution in [2.75, 3.05) is 0 Å². The Balaban J connectivity index is 1.83. The van der Waals surface area contributed by atoms with Crippen LogP contribution in [0.1, 0.15) is 61.3 Å². The molecular weight excluding hydrogens is 326 g/mol. The zero-order valence-corrected chi connectivity index (χ0v) is 17.7. The molecule has 0 spiro atoms. The summed E-state index contributed by atoms with van der Waals surface area (Å²) in [6, 6.07) is 14.1. The maximum atomic E-state index is 2.45. The SMILES string of the molecule is Cc1cc(C)c(C)c(-c2cc3cc(C4CCC(C)(C)C4)ccc3c[n+]2C)c1. The van der Waals surface area contributed by atoms with E-state index in [1.165, 1.54) is 63.5 Å². The van der Waals surface area contributed by atoms with Gasteiger partial charge in [0.15, 0.2) is 6.20 Å². The van der Waals surface area contributed by atoms with E-state index in [1.807, 2.05) is 0 Å². The van der Waals surface area contributed by atoms with Gasteiger partial charge in [-0.3, -0.25) is 0 Å². The molecule has 140 valence electrons. The predicted octanol–water partition coefficient (Wildman–Crippen LogP) is 6.55. The van der Waals surface area contributed by atoms with Gasteiger partial charge >= 0.3 is 0 Å². The van der Waals surface area contributed by atoms with Crippen LogP contribution in [-0.2, 0) is 7.05 Å². The second-order valence-corrected chi connectivity index (χ2v) is 9.52. The minimum Gasteiger partial charge on any atom is -0.200 e. The summed E-state index contributed by atoms with van der Waals surface area (Å²) < 4.78 is 2.28. The van der Waals surface area contributed by atoms with Gasteiger partial charge in [0.05, 0.1) is 0 Å². The van der Waals surface area contributed by atoms with E-state index in [1.54, 1.807) is 0 Å². The Morgan fingerprint density at radius 3 is 2.44 bits per heavy atom. The van der Waals surface area contributed by atoms with Gasteiger partial charge in [0.2, 0.25) is 5.69 Å². The van der Waals surface area contributed by atoms with Crippen LogP contribution in [0.3, 0.4) is 0 Å². The summed E-state index contributed by atoms with van der Waals surface area (Å²) in [5.41, 5.74) is 8.74. The van der Waals surface area contributed by atoms with Gasteiger partial charge in [0, 0.05) is 17.0 Å². The van der Waals surface area contributed by atoms with Gasteiger partial charge in [-0.2, -0.15) is 0 Å². The van der Waals surface area contributed by atoms with Crippen molar-refractivity contribution in [3.05, 3.63) is 64.8 Å². The summed E-state index contributed by atoms with van der Waals surface area (Å²) >= 11 is 0. The topological polar surface area (TPSA) is 3.88 Å². The van der Waals surface area contributed by atoms with Crippen LogP contribution in [-0.4, -0.2) is 0 Å². The Bertz CT molecular complexity index is 1030. The second-order valence-electron chi connectivity index (χ2n) is 9.52. The standard InChI is InChI=1S/C26H32N/c1-17-11-18(2)19(3)24(12-17)25-14-23-13-20(7-8-22(23)16-27(25)6)21-9-10-26(4,5)15-21/h7-8,11-14,16,21H,9-10,15H2,1-6H3/q+1. The maximum Gasteiger partial charge on any atom is 0.213 e. The molecule has 0 radical (unpaired) electrons. The minimum absolute atomic E-state index is 0.490. The van der Waals surface area contributed by atoms with Crippen molar-refractivity contribution in [3.8, 4) is 11.3 Å². The van der Waals surface area contributed by atoms with Gasteiger partial charge < -0.3 is 0 Å². The molecule has 0 bridgehead atoms. The summed E-state index contributed by atoms with van der Waals surface area (Å²) in [6.45, 7) is 11.5. The molecule has 1 saturated carbocycles. The number of pyridine rings is 1. The lowest BCUT2D eigenvalue weighted by Gasteiger charge is -2.17. The molecule has 0 amide bonds. The van der Waals surface area contributed by atoms with Gasteiger partial charge in [0.25, 0.3) is 0 Å². The summed E-state index contributed by atoms with van der Waals surface area (Å²) in [5, 5.41) is 2.69. The van der Waals surface area contributed by atoms with E-state index in [0.29, 0.717) is 11.3 Å². The third kappa shape index (κ3) is 3.40. The fraction of sp³-hybridized carbons (Fsp3) is 0.423. The molecule has 27 heavy (non-hydrogen) atoms. The molecule has 1 fully saturated rings. The largest absolute Gasteiger partial charge is 0.213 e. The van der Waals surface area contributed by atoms with Crippen LogP contribution in [0.4, 0.5) is 0 Å². The normalized spacial score (nSPS) is 19.0. The van der Waals surface area contributed by atoms with E-state index in [-0.39, 0.29) is 0 Å². The minimum atomic E-state index is 0.490. The van der Waals surface area contributed by atoms with Gasteiger partial charge in [-0.15, -0.1) is 0 Å². The molecule has 4 rings (SSSR count). The average Bonchev–Trinajstić information content (AvgIpc) is 2.97. The van der Waals surface area contributed by atoms with Crippen molar-refractivity contribution in [2.45, 2.75) is 59.8 Å². The quantitative estimate of drug-likeness (QED) is 0.457. The summed E-state index contributed by atoms with van der Waals surface area (Å²) in [4.78, 5) is 0. The first-order chi connectivity index (χ1) is 12.7. The van der Waals surface area contributed by atoms with Crippen molar-refractivity contribution in [2.24, 2.45) is 12.5 Å². The molecule has 1 aliphatic rings. The molecule has 2 aromatic carbocycles. The number of fused-ring (bicyclic) bond motifs is 1. The van der Waals surface area contributed by atoms with Crippen LogP contribution in [0.15, 0.2) is 42.6 Å². The monoisotopic (exact) mass is 358 g/mol. The third-order valence-electron chi connectivity index (χ3n) is 6.64. The first-order valence-corrected chi connectivity index (χ1v) is 10.3. The van der Waals surface area contributed by atoms with Gasteiger partial charge in [0.1, 0.15) is 7.05 Å². The average molecular weight is 359 g/mol. The van der Waals surface area contributed by atoms with Crippen LogP contribution in [0.25, 0.3) is 22.0 Å². The molecule has 0 saturated heterocycles. The number of rotatable bonds is 2. The molecule has 1 aliphatic carbocycles. The maximum absolute atomic E-state index is 2.45. The van der Waals surface area contributed by atoms with Crippen molar-refractivity contribution in [1.82, 2.24) is 0 Å². The summed E-state index contributed by atoms with van der Waals surface area (Å²) in [7, 11) is 2.17. The van der Waals surface area contributed by atoms with E-state index in [0.717, 1.165) is 0 Å². The number of aromatic nitrogens is 1. The van der Waals surface area contributed by atoms with E-state index in [9.17, 15) is 0 Å². The Labute approximate surface area is 164 Å². The lowest BCUT2D eigenvalue weighted by molar-refractivity contribution is -0.659. The smallest absolute Gasteiger partial charge is 0.200 e. The highest BCUT2D eigenvalue weighted by Crippen LogP contribution is 2.46. The van der Waals surface area contributed by atoms with E-state index in [2.05, 4.69) is 88.8 Å². The second kappa shape index (κ2) is 6.48. The van der Waals surface area contributed by atoms with Crippen LogP contribution in [0.5, 0.6) is 0 Å². The van der Waals surface area contributed by atoms with Gasteiger partial charge in [-0.1, -0.05) is 37.6 Å².